The van der Waals surface area contributed by atoms with Crippen LogP contribution in [0.2, 0.25) is 0 Å². The van der Waals surface area contributed by atoms with Gasteiger partial charge in [-0.25, -0.2) is 9.36 Å². The Labute approximate surface area is 92.6 Å². The summed E-state index contributed by atoms with van der Waals surface area (Å²) in [6, 6.07) is 0. The van der Waals surface area contributed by atoms with Crippen LogP contribution in [-0.4, -0.2) is 10.3 Å². The molecule has 0 aromatic carbocycles. The Morgan fingerprint density at radius 3 is 2.87 bits per heavy atom. The monoisotopic (exact) mass is 226 g/mol. The van der Waals surface area contributed by atoms with Crippen LogP contribution < -0.4 is 15.2 Å². The van der Waals surface area contributed by atoms with Crippen molar-refractivity contribution in [1.29, 1.82) is 0 Å². The summed E-state index contributed by atoms with van der Waals surface area (Å²) in [4.78, 5) is 11.9. The molecule has 0 radical (unpaired) electrons. The van der Waals surface area contributed by atoms with Crippen LogP contribution in [0.4, 0.5) is 0 Å². The lowest BCUT2D eigenvalue weighted by molar-refractivity contribution is -0.765. The van der Waals surface area contributed by atoms with Crippen molar-refractivity contribution < 1.29 is 9.67 Å². The van der Waals surface area contributed by atoms with Gasteiger partial charge in [0.1, 0.15) is 6.54 Å². The molecule has 1 aliphatic heterocycles. The second kappa shape index (κ2) is 3.89. The molecule has 1 aromatic heterocycles. The normalized spacial score (nSPS) is 14.3. The molecule has 1 aliphatic rings. The van der Waals surface area contributed by atoms with Crippen LogP contribution in [0.5, 0.6) is 5.88 Å². The Hall–Kier alpha value is -0.970. The van der Waals surface area contributed by atoms with Crippen molar-refractivity contribution in [1.82, 2.24) is 4.57 Å². The summed E-state index contributed by atoms with van der Waals surface area (Å²) < 4.78 is 3.44. The summed E-state index contributed by atoms with van der Waals surface area (Å²) in [6.07, 6.45) is 0.516. The number of rotatable bonds is 2. The molecule has 2 rings (SSSR count). The molecule has 0 N–H and O–H groups in total. The third kappa shape index (κ3) is 1.45. The first kappa shape index (κ1) is 10.5. The summed E-state index contributed by atoms with van der Waals surface area (Å²) in [5.41, 5.74) is 0.314. The van der Waals surface area contributed by atoms with Crippen molar-refractivity contribution in [3.8, 4) is 5.88 Å². The van der Waals surface area contributed by atoms with E-state index in [1.165, 1.54) is 0 Å². The van der Waals surface area contributed by atoms with Gasteiger partial charge in [0.15, 0.2) is 0 Å². The summed E-state index contributed by atoms with van der Waals surface area (Å²) in [5.74, 6) is 0.800. The lowest BCUT2D eigenvalue weighted by Gasteiger charge is -2.14. The van der Waals surface area contributed by atoms with Crippen LogP contribution in [0.3, 0.4) is 0 Å². The zero-order chi connectivity index (χ0) is 11.0. The number of nitrogens with zero attached hydrogens (tertiary/aromatic N) is 2. The highest BCUT2D eigenvalue weighted by Gasteiger charge is 2.27. The van der Waals surface area contributed by atoms with Crippen molar-refractivity contribution in [2.24, 2.45) is 0 Å². The smallest absolute Gasteiger partial charge is 0.340 e. The van der Waals surface area contributed by atoms with E-state index in [0.29, 0.717) is 18.5 Å². The highest BCUT2D eigenvalue weighted by atomic mass is 32.2. The third-order valence-electron chi connectivity index (χ3n) is 2.68. The number of aromatic nitrogens is 2. The maximum atomic E-state index is 11.9. The minimum Gasteiger partial charge on any atom is -0.842 e. The van der Waals surface area contributed by atoms with E-state index >= 15 is 0 Å². The van der Waals surface area contributed by atoms with Crippen LogP contribution in [0.15, 0.2) is 9.95 Å². The maximum Gasteiger partial charge on any atom is 0.340 e. The van der Waals surface area contributed by atoms with Gasteiger partial charge in [-0.3, -0.25) is 0 Å². The van der Waals surface area contributed by atoms with E-state index in [0.717, 1.165) is 17.5 Å². The van der Waals surface area contributed by atoms with Gasteiger partial charge in [-0.05, 0) is 25.1 Å². The standard InChI is InChI=1S/C10H14N2O2S/c1-3-7-8(13)11(4-2)10-12(9(7)14)5-6-15-10/h3-6H2,1-2H3. The number of fused-ring (bicyclic) bond motifs is 1. The Bertz CT molecular complexity index is 454. The van der Waals surface area contributed by atoms with Gasteiger partial charge in [0.05, 0.1) is 18.0 Å². The van der Waals surface area contributed by atoms with E-state index in [-0.39, 0.29) is 11.4 Å². The Balaban J connectivity index is 2.78. The second-order valence-corrected chi connectivity index (χ2v) is 4.53. The molecule has 0 saturated carbocycles. The fraction of sp³-hybridized carbons (Fsp3) is 0.600. The maximum absolute atomic E-state index is 11.9. The zero-order valence-electron chi connectivity index (χ0n) is 8.95. The quantitative estimate of drug-likeness (QED) is 0.522. The van der Waals surface area contributed by atoms with Crippen molar-refractivity contribution in [2.75, 3.05) is 5.75 Å². The van der Waals surface area contributed by atoms with E-state index in [9.17, 15) is 9.90 Å². The molecule has 15 heavy (non-hydrogen) atoms. The molecule has 0 atom stereocenters. The molecule has 82 valence electrons. The van der Waals surface area contributed by atoms with Gasteiger partial charge in [0.2, 0.25) is 0 Å². The van der Waals surface area contributed by atoms with Crippen LogP contribution in [0.1, 0.15) is 19.4 Å². The average Bonchev–Trinajstić information content (AvgIpc) is 2.68. The summed E-state index contributed by atoms with van der Waals surface area (Å²) >= 11 is 1.59. The summed E-state index contributed by atoms with van der Waals surface area (Å²) in [6.45, 7) is 5.15. The number of thioether (sulfide) groups is 1. The number of hydrogen-bond acceptors (Lipinski definition) is 3. The Kier molecular flexibility index (Phi) is 2.73. The third-order valence-corrected chi connectivity index (χ3v) is 3.77. The van der Waals surface area contributed by atoms with E-state index in [2.05, 4.69) is 0 Å². The Morgan fingerprint density at radius 2 is 2.27 bits per heavy atom. The van der Waals surface area contributed by atoms with Gasteiger partial charge in [0.25, 0.3) is 0 Å². The lowest BCUT2D eigenvalue weighted by Crippen LogP contribution is -2.45. The van der Waals surface area contributed by atoms with Gasteiger partial charge in [-0.2, -0.15) is 4.57 Å². The topological polar surface area (TPSA) is 48.9 Å². The molecule has 0 spiro atoms. The molecule has 1 aromatic rings. The molecule has 0 amide bonds. The molecule has 0 bridgehead atoms. The van der Waals surface area contributed by atoms with E-state index in [4.69, 9.17) is 0 Å². The van der Waals surface area contributed by atoms with Crippen molar-refractivity contribution in [3.05, 3.63) is 15.9 Å². The Morgan fingerprint density at radius 1 is 1.53 bits per heavy atom. The molecule has 0 saturated heterocycles. The van der Waals surface area contributed by atoms with Gasteiger partial charge < -0.3 is 5.11 Å². The molecular weight excluding hydrogens is 212 g/mol. The largest absolute Gasteiger partial charge is 0.842 e. The molecular formula is C10H14N2O2S. The van der Waals surface area contributed by atoms with Crippen molar-refractivity contribution in [3.63, 3.8) is 0 Å². The second-order valence-electron chi connectivity index (χ2n) is 3.47. The van der Waals surface area contributed by atoms with Gasteiger partial charge in [-0.15, -0.1) is 0 Å². The first-order chi connectivity index (χ1) is 7.20. The van der Waals surface area contributed by atoms with Gasteiger partial charge >= 0.3 is 10.7 Å². The van der Waals surface area contributed by atoms with E-state index < -0.39 is 0 Å². The molecule has 0 aliphatic carbocycles. The predicted octanol–water partition coefficient (Wildman–Crippen LogP) is -0.103. The first-order valence-corrected chi connectivity index (χ1v) is 6.18. The van der Waals surface area contributed by atoms with Crippen LogP contribution in [0.25, 0.3) is 0 Å². The average molecular weight is 226 g/mol. The predicted molar refractivity (Wildman–Crippen MR) is 56.1 cm³/mol. The fourth-order valence-corrected chi connectivity index (χ4v) is 3.05. The molecule has 4 nitrogen and oxygen atoms in total. The molecule has 0 unspecified atom stereocenters. The molecule has 0 fully saturated rings. The van der Waals surface area contributed by atoms with Crippen LogP contribution >= 0.6 is 11.8 Å². The van der Waals surface area contributed by atoms with E-state index in [1.807, 2.05) is 13.8 Å². The van der Waals surface area contributed by atoms with Gasteiger partial charge in [0, 0.05) is 5.75 Å². The summed E-state index contributed by atoms with van der Waals surface area (Å²) in [5, 5.41) is 12.7. The van der Waals surface area contributed by atoms with Crippen molar-refractivity contribution >= 4 is 11.8 Å². The van der Waals surface area contributed by atoms with Crippen LogP contribution in [0, 0.1) is 0 Å². The zero-order valence-corrected chi connectivity index (χ0v) is 9.76. The molecule has 2 heterocycles. The number of hydrogen-bond donors (Lipinski definition) is 0. The SMILES string of the molecule is CCc1c([O-])[n+]2c(n(CC)c1=O)SCC2. The fourth-order valence-electron chi connectivity index (χ4n) is 1.90. The van der Waals surface area contributed by atoms with Crippen molar-refractivity contribution in [2.45, 2.75) is 38.5 Å². The minimum atomic E-state index is -0.106. The van der Waals surface area contributed by atoms with Gasteiger partial charge in [-0.1, -0.05) is 6.92 Å². The highest BCUT2D eigenvalue weighted by molar-refractivity contribution is 7.99. The highest BCUT2D eigenvalue weighted by Crippen LogP contribution is 2.21. The minimum absolute atomic E-state index is 0.0906. The lowest BCUT2D eigenvalue weighted by atomic mass is 10.2. The first-order valence-electron chi connectivity index (χ1n) is 5.20. The summed E-state index contributed by atoms with van der Waals surface area (Å²) in [7, 11) is 0. The van der Waals surface area contributed by atoms with E-state index in [1.54, 1.807) is 20.9 Å². The molecule has 5 heteroatoms. The van der Waals surface area contributed by atoms with Crippen LogP contribution in [-0.2, 0) is 19.5 Å².